The van der Waals surface area contributed by atoms with Crippen molar-refractivity contribution in [2.24, 2.45) is 9.98 Å². The summed E-state index contributed by atoms with van der Waals surface area (Å²) in [5.74, 6) is 0. The average Bonchev–Trinajstić information content (AvgIpc) is 2.98. The van der Waals surface area contributed by atoms with Gasteiger partial charge in [0, 0.05) is 22.7 Å². The molecule has 0 unspecified atom stereocenters. The first kappa shape index (κ1) is 37.3. The molecule has 2 aromatic rings. The van der Waals surface area contributed by atoms with Crippen LogP contribution >= 0.6 is 0 Å². The SMILES string of the molecule is CCCCCCCCC(/C=N/c1ccc(CCCC)c(CCCC)c1)=N\c1ccc(CCCC)c(CCCC)c1.[Ni]. The molecule has 0 aliphatic carbocycles. The molecule has 2 nitrogen and oxygen atoms in total. The van der Waals surface area contributed by atoms with E-state index in [1.807, 2.05) is 0 Å². The molecular weight excluding hydrogens is 543 g/mol. The summed E-state index contributed by atoms with van der Waals surface area (Å²) in [6.07, 6.45) is 25.5. The van der Waals surface area contributed by atoms with Gasteiger partial charge in [0.1, 0.15) is 0 Å². The van der Waals surface area contributed by atoms with Crippen molar-refractivity contribution in [1.29, 1.82) is 0 Å². The topological polar surface area (TPSA) is 24.7 Å². The van der Waals surface area contributed by atoms with Gasteiger partial charge in [0.2, 0.25) is 0 Å². The zero-order chi connectivity index (χ0) is 28.8. The standard InChI is InChI=1S/C38H60N2.Ni/c1-6-11-16-17-18-19-24-38(40-37-28-26-33(21-13-8-3)35(30-37)23-15-10-5)31-39-36-27-25-32(20-12-7-2)34(29-36)22-14-9-4;/h25-31H,6-24H2,1-5H3;/b39-31+,40-38+;. The van der Waals surface area contributed by atoms with Crippen LogP contribution in [0.1, 0.15) is 153 Å². The summed E-state index contributed by atoms with van der Waals surface area (Å²) in [5.41, 5.74) is 9.29. The monoisotopic (exact) mass is 602 g/mol. The normalized spacial score (nSPS) is 11.8. The van der Waals surface area contributed by atoms with Crippen molar-refractivity contribution in [3.05, 3.63) is 58.7 Å². The Kier molecular flexibility index (Phi) is 21.6. The Bertz CT molecular complexity index is 1010. The van der Waals surface area contributed by atoms with Crippen LogP contribution in [-0.2, 0) is 42.2 Å². The Morgan fingerprint density at radius 3 is 1.49 bits per heavy atom. The third kappa shape index (κ3) is 15.4. The average molecular weight is 604 g/mol. The summed E-state index contributed by atoms with van der Waals surface area (Å²) in [7, 11) is 0. The summed E-state index contributed by atoms with van der Waals surface area (Å²) in [6, 6.07) is 13.8. The Morgan fingerprint density at radius 1 is 0.512 bits per heavy atom. The number of hydrogen-bond donors (Lipinski definition) is 0. The van der Waals surface area contributed by atoms with E-state index in [2.05, 4.69) is 77.2 Å². The van der Waals surface area contributed by atoms with E-state index in [1.165, 1.54) is 125 Å². The number of hydrogen-bond acceptors (Lipinski definition) is 2. The first-order chi connectivity index (χ1) is 19.6. The van der Waals surface area contributed by atoms with Gasteiger partial charge in [-0.25, -0.2) is 0 Å². The van der Waals surface area contributed by atoms with Crippen LogP contribution in [0.5, 0.6) is 0 Å². The second-order valence-electron chi connectivity index (χ2n) is 11.7. The molecule has 0 fully saturated rings. The molecular formula is C38H60N2Ni. The first-order valence-corrected chi connectivity index (χ1v) is 17.0. The van der Waals surface area contributed by atoms with E-state index in [-0.39, 0.29) is 16.5 Å². The minimum absolute atomic E-state index is 0. The van der Waals surface area contributed by atoms with Crippen LogP contribution in [0, 0.1) is 0 Å². The van der Waals surface area contributed by atoms with Gasteiger partial charge in [0.15, 0.2) is 0 Å². The molecule has 2 rings (SSSR count). The van der Waals surface area contributed by atoms with Gasteiger partial charge in [-0.3, -0.25) is 9.98 Å². The quantitative estimate of drug-likeness (QED) is 0.0727. The minimum Gasteiger partial charge on any atom is -0.255 e. The van der Waals surface area contributed by atoms with Crippen LogP contribution in [0.2, 0.25) is 0 Å². The van der Waals surface area contributed by atoms with Crippen LogP contribution in [0.25, 0.3) is 0 Å². The van der Waals surface area contributed by atoms with E-state index in [9.17, 15) is 0 Å². The predicted octanol–water partition coefficient (Wildman–Crippen LogP) is 12.3. The van der Waals surface area contributed by atoms with Crippen molar-refractivity contribution >= 4 is 23.3 Å². The summed E-state index contributed by atoms with van der Waals surface area (Å²) >= 11 is 0. The molecule has 0 heterocycles. The molecule has 0 bridgehead atoms. The maximum atomic E-state index is 5.20. The second-order valence-corrected chi connectivity index (χ2v) is 11.7. The number of unbranched alkanes of at least 4 members (excludes halogenated alkanes) is 9. The Balaban J connectivity index is 0.00000840. The van der Waals surface area contributed by atoms with E-state index in [0.717, 1.165) is 36.3 Å². The third-order valence-corrected chi connectivity index (χ3v) is 8.00. The molecule has 0 aliphatic rings. The zero-order valence-electron chi connectivity index (χ0n) is 27.2. The van der Waals surface area contributed by atoms with Crippen LogP contribution < -0.4 is 0 Å². The fourth-order valence-corrected chi connectivity index (χ4v) is 5.35. The van der Waals surface area contributed by atoms with E-state index >= 15 is 0 Å². The molecule has 2 aromatic carbocycles. The van der Waals surface area contributed by atoms with E-state index < -0.39 is 0 Å². The zero-order valence-corrected chi connectivity index (χ0v) is 28.2. The van der Waals surface area contributed by atoms with Gasteiger partial charge in [-0.1, -0.05) is 105 Å². The first-order valence-electron chi connectivity index (χ1n) is 17.0. The van der Waals surface area contributed by atoms with Crippen LogP contribution in [0.15, 0.2) is 46.4 Å². The van der Waals surface area contributed by atoms with Gasteiger partial charge >= 0.3 is 0 Å². The number of aryl methyl sites for hydroxylation is 4. The largest absolute Gasteiger partial charge is 0.255 e. The molecule has 0 atom stereocenters. The number of rotatable bonds is 22. The summed E-state index contributed by atoms with van der Waals surface area (Å²) in [5, 5.41) is 0. The van der Waals surface area contributed by atoms with Crippen molar-refractivity contribution in [1.82, 2.24) is 0 Å². The van der Waals surface area contributed by atoms with Gasteiger partial charge < -0.3 is 0 Å². The fourth-order valence-electron chi connectivity index (χ4n) is 5.35. The maximum absolute atomic E-state index is 5.20. The van der Waals surface area contributed by atoms with Crippen LogP contribution in [0.3, 0.4) is 0 Å². The van der Waals surface area contributed by atoms with Crippen molar-refractivity contribution < 1.29 is 16.5 Å². The Morgan fingerprint density at radius 2 is 0.951 bits per heavy atom. The van der Waals surface area contributed by atoms with Gasteiger partial charge in [-0.15, -0.1) is 0 Å². The van der Waals surface area contributed by atoms with Crippen molar-refractivity contribution in [2.45, 2.75) is 157 Å². The molecule has 232 valence electrons. The Labute approximate surface area is 264 Å². The van der Waals surface area contributed by atoms with E-state index in [1.54, 1.807) is 0 Å². The Hall–Kier alpha value is -1.73. The number of nitrogens with zero attached hydrogens (tertiary/aromatic N) is 2. The smallest absolute Gasteiger partial charge is 0.0636 e. The molecule has 41 heavy (non-hydrogen) atoms. The molecule has 0 saturated heterocycles. The second kappa shape index (κ2) is 23.8. The molecule has 3 heteroatoms. The van der Waals surface area contributed by atoms with E-state index in [4.69, 9.17) is 9.98 Å². The third-order valence-electron chi connectivity index (χ3n) is 8.00. The maximum Gasteiger partial charge on any atom is 0.0636 e. The van der Waals surface area contributed by atoms with Gasteiger partial charge in [-0.05, 0) is 111 Å². The van der Waals surface area contributed by atoms with E-state index in [0.29, 0.717) is 0 Å². The van der Waals surface area contributed by atoms with Gasteiger partial charge in [0.25, 0.3) is 0 Å². The van der Waals surface area contributed by atoms with Crippen molar-refractivity contribution in [3.63, 3.8) is 0 Å². The molecule has 0 N–H and O–H groups in total. The fraction of sp³-hybridized carbons (Fsp3) is 0.632. The molecule has 0 saturated carbocycles. The summed E-state index contributed by atoms with van der Waals surface area (Å²) < 4.78 is 0. The van der Waals surface area contributed by atoms with Crippen LogP contribution in [0.4, 0.5) is 11.4 Å². The number of benzene rings is 2. The van der Waals surface area contributed by atoms with Crippen LogP contribution in [-0.4, -0.2) is 11.9 Å². The van der Waals surface area contributed by atoms with Crippen molar-refractivity contribution in [2.75, 3.05) is 0 Å². The summed E-state index contributed by atoms with van der Waals surface area (Å²) in [6.45, 7) is 11.4. The molecule has 0 spiro atoms. The molecule has 0 aliphatic heterocycles. The van der Waals surface area contributed by atoms with Gasteiger partial charge in [0.05, 0.1) is 17.1 Å². The molecule has 0 aromatic heterocycles. The summed E-state index contributed by atoms with van der Waals surface area (Å²) in [4.78, 5) is 10.2. The predicted molar refractivity (Wildman–Crippen MR) is 181 cm³/mol. The molecule has 0 radical (unpaired) electrons. The molecule has 0 amide bonds. The van der Waals surface area contributed by atoms with Crippen molar-refractivity contribution in [3.8, 4) is 0 Å². The minimum atomic E-state index is 0. The van der Waals surface area contributed by atoms with Gasteiger partial charge in [-0.2, -0.15) is 0 Å². The number of aliphatic imine (C=N–C) groups is 2.